The largest absolute Gasteiger partial charge is 0.479 e. The van der Waals surface area contributed by atoms with Crippen LogP contribution in [0.5, 0.6) is 5.75 Å². The third-order valence-corrected chi connectivity index (χ3v) is 2.15. The Morgan fingerprint density at radius 1 is 1.50 bits per heavy atom. The maximum absolute atomic E-state index is 10.8. The van der Waals surface area contributed by atoms with E-state index >= 15 is 0 Å². The lowest BCUT2D eigenvalue weighted by Gasteiger charge is -2.04. The van der Waals surface area contributed by atoms with Gasteiger partial charge in [0.25, 0.3) is 0 Å². The van der Waals surface area contributed by atoms with Gasteiger partial charge in [0.15, 0.2) is 11.5 Å². The first kappa shape index (κ1) is 11.6. The van der Waals surface area contributed by atoms with Crippen LogP contribution in [0.4, 0.5) is 5.69 Å². The van der Waals surface area contributed by atoms with Gasteiger partial charge in [0.1, 0.15) is 6.61 Å². The Balaban J connectivity index is 2.22. The van der Waals surface area contributed by atoms with Gasteiger partial charge in [0.2, 0.25) is 0 Å². The molecule has 0 unspecified atom stereocenters. The molecular weight excluding hydrogens is 238 g/mol. The van der Waals surface area contributed by atoms with Crippen LogP contribution < -0.4 is 4.74 Å². The lowest BCUT2D eigenvalue weighted by Crippen LogP contribution is -1.98. The average molecular weight is 245 g/mol. The summed E-state index contributed by atoms with van der Waals surface area (Å²) in [5.41, 5.74) is -0.0534. The molecule has 0 saturated carbocycles. The molecule has 0 bridgehead atoms. The van der Waals surface area contributed by atoms with Crippen LogP contribution in [0.1, 0.15) is 11.3 Å². The zero-order valence-corrected chi connectivity index (χ0v) is 9.07. The van der Waals surface area contributed by atoms with E-state index in [1.165, 1.54) is 18.3 Å². The Bertz CT molecular complexity index is 601. The van der Waals surface area contributed by atoms with E-state index in [4.69, 9.17) is 14.5 Å². The first-order valence-corrected chi connectivity index (χ1v) is 4.91. The van der Waals surface area contributed by atoms with Gasteiger partial charge in [-0.1, -0.05) is 5.16 Å². The van der Waals surface area contributed by atoms with Gasteiger partial charge in [-0.05, 0) is 12.1 Å². The monoisotopic (exact) mass is 245 g/mol. The average Bonchev–Trinajstić information content (AvgIpc) is 2.89. The number of nitro groups is 1. The van der Waals surface area contributed by atoms with Crippen molar-refractivity contribution in [2.24, 2.45) is 0 Å². The Kier molecular flexibility index (Phi) is 3.20. The second-order valence-corrected chi connectivity index (χ2v) is 3.32. The molecule has 90 valence electrons. The van der Waals surface area contributed by atoms with Gasteiger partial charge in [0.05, 0.1) is 22.8 Å². The maximum atomic E-state index is 10.8. The van der Waals surface area contributed by atoms with E-state index < -0.39 is 4.92 Å². The Morgan fingerprint density at radius 3 is 2.94 bits per heavy atom. The van der Waals surface area contributed by atoms with Crippen molar-refractivity contribution >= 4 is 5.69 Å². The van der Waals surface area contributed by atoms with E-state index in [1.54, 1.807) is 6.07 Å². The number of rotatable bonds is 4. The van der Waals surface area contributed by atoms with Crippen LogP contribution in [-0.4, -0.2) is 10.1 Å². The molecule has 0 saturated heterocycles. The molecule has 0 atom stereocenters. The molecule has 0 fully saturated rings. The number of ether oxygens (including phenoxy) is 1. The van der Waals surface area contributed by atoms with Gasteiger partial charge in [0, 0.05) is 12.1 Å². The molecule has 0 aliphatic rings. The highest BCUT2D eigenvalue weighted by Crippen LogP contribution is 2.28. The molecule has 0 spiro atoms. The number of benzene rings is 1. The summed E-state index contributed by atoms with van der Waals surface area (Å²) in [7, 11) is 0. The number of hydrogen-bond donors (Lipinski definition) is 0. The van der Waals surface area contributed by atoms with E-state index in [1.807, 2.05) is 6.07 Å². The Morgan fingerprint density at radius 2 is 2.33 bits per heavy atom. The lowest BCUT2D eigenvalue weighted by molar-refractivity contribution is -0.386. The van der Waals surface area contributed by atoms with E-state index in [9.17, 15) is 10.1 Å². The summed E-state index contributed by atoms with van der Waals surface area (Å²) >= 11 is 0. The molecule has 2 rings (SSSR count). The quantitative estimate of drug-likeness (QED) is 0.603. The normalized spacial score (nSPS) is 9.72. The molecule has 0 radical (unpaired) electrons. The second-order valence-electron chi connectivity index (χ2n) is 3.32. The lowest BCUT2D eigenvalue weighted by atomic mass is 10.2. The van der Waals surface area contributed by atoms with Crippen LogP contribution in [0, 0.1) is 21.4 Å². The molecular formula is C11H7N3O4. The fraction of sp³-hybridized carbons (Fsp3) is 0.0909. The van der Waals surface area contributed by atoms with E-state index in [2.05, 4.69) is 5.16 Å². The minimum absolute atomic E-state index is 0.0345. The highest BCUT2D eigenvalue weighted by molar-refractivity contribution is 5.51. The number of nitro benzene ring substituents is 1. The molecule has 1 heterocycles. The van der Waals surface area contributed by atoms with E-state index in [-0.39, 0.29) is 23.6 Å². The van der Waals surface area contributed by atoms with Crippen LogP contribution >= 0.6 is 0 Å². The summed E-state index contributed by atoms with van der Waals surface area (Å²) in [6, 6.07) is 7.41. The highest BCUT2D eigenvalue weighted by Gasteiger charge is 2.16. The van der Waals surface area contributed by atoms with Crippen molar-refractivity contribution in [2.45, 2.75) is 6.61 Å². The second kappa shape index (κ2) is 4.97. The molecule has 7 heteroatoms. The summed E-state index contributed by atoms with van der Waals surface area (Å²) in [4.78, 5) is 10.2. The minimum Gasteiger partial charge on any atom is -0.479 e. The third kappa shape index (κ3) is 2.44. The van der Waals surface area contributed by atoms with Crippen LogP contribution in [0.3, 0.4) is 0 Å². The maximum Gasteiger partial charge on any atom is 0.312 e. The molecule has 0 aliphatic carbocycles. The highest BCUT2D eigenvalue weighted by atomic mass is 16.6. The van der Waals surface area contributed by atoms with E-state index in [0.717, 1.165) is 6.07 Å². The van der Waals surface area contributed by atoms with E-state index in [0.29, 0.717) is 5.76 Å². The topological polar surface area (TPSA) is 102 Å². The first-order chi connectivity index (χ1) is 8.70. The van der Waals surface area contributed by atoms with Crippen molar-refractivity contribution in [1.82, 2.24) is 5.16 Å². The first-order valence-electron chi connectivity index (χ1n) is 4.91. The fourth-order valence-electron chi connectivity index (χ4n) is 1.32. The van der Waals surface area contributed by atoms with Gasteiger partial charge in [-0.3, -0.25) is 10.1 Å². The Hall–Kier alpha value is -2.88. The van der Waals surface area contributed by atoms with Crippen LogP contribution in [0.15, 0.2) is 35.0 Å². The molecule has 0 N–H and O–H groups in total. The van der Waals surface area contributed by atoms with Crippen molar-refractivity contribution in [3.8, 4) is 11.8 Å². The van der Waals surface area contributed by atoms with Gasteiger partial charge in [-0.2, -0.15) is 5.26 Å². The van der Waals surface area contributed by atoms with Crippen molar-refractivity contribution in [2.75, 3.05) is 0 Å². The Labute approximate surface area is 101 Å². The van der Waals surface area contributed by atoms with Crippen molar-refractivity contribution in [3.05, 3.63) is 51.9 Å². The number of nitrogens with zero attached hydrogens (tertiary/aromatic N) is 3. The summed E-state index contributed by atoms with van der Waals surface area (Å²) in [6.45, 7) is 0.0345. The standard InChI is InChI=1S/C11H7N3O4/c12-6-8-1-2-11(10(5-8)14(15)16)17-7-9-3-4-13-18-9/h1-5H,7H2. The predicted octanol–water partition coefficient (Wildman–Crippen LogP) is 2.03. The van der Waals surface area contributed by atoms with Crippen molar-refractivity contribution in [3.63, 3.8) is 0 Å². The summed E-state index contributed by atoms with van der Waals surface area (Å²) in [6.07, 6.45) is 1.45. The fourth-order valence-corrected chi connectivity index (χ4v) is 1.32. The molecule has 0 aliphatic heterocycles. The zero-order valence-electron chi connectivity index (χ0n) is 9.07. The summed E-state index contributed by atoms with van der Waals surface area (Å²) in [5, 5.41) is 23.0. The van der Waals surface area contributed by atoms with Crippen LogP contribution in [0.25, 0.3) is 0 Å². The zero-order chi connectivity index (χ0) is 13.0. The SMILES string of the molecule is N#Cc1ccc(OCc2ccno2)c([N+](=O)[O-])c1. The summed E-state index contributed by atoms with van der Waals surface area (Å²) in [5.74, 6) is 0.532. The number of hydrogen-bond acceptors (Lipinski definition) is 6. The molecule has 1 aromatic carbocycles. The van der Waals surface area contributed by atoms with Crippen molar-refractivity contribution < 1.29 is 14.2 Å². The predicted molar refractivity (Wildman–Crippen MR) is 58.6 cm³/mol. The summed E-state index contributed by atoms with van der Waals surface area (Å²) < 4.78 is 10.1. The number of aromatic nitrogens is 1. The van der Waals surface area contributed by atoms with Crippen LogP contribution in [-0.2, 0) is 6.61 Å². The molecule has 7 nitrogen and oxygen atoms in total. The van der Waals surface area contributed by atoms with Gasteiger partial charge in [-0.15, -0.1) is 0 Å². The molecule has 0 amide bonds. The number of nitriles is 1. The molecule has 2 aromatic rings. The third-order valence-electron chi connectivity index (χ3n) is 2.15. The molecule has 18 heavy (non-hydrogen) atoms. The minimum atomic E-state index is -0.601. The van der Waals surface area contributed by atoms with Crippen molar-refractivity contribution in [1.29, 1.82) is 5.26 Å². The van der Waals surface area contributed by atoms with Gasteiger partial charge in [-0.25, -0.2) is 0 Å². The van der Waals surface area contributed by atoms with Gasteiger partial charge >= 0.3 is 5.69 Å². The smallest absolute Gasteiger partial charge is 0.312 e. The molecule has 1 aromatic heterocycles. The van der Waals surface area contributed by atoms with Crippen LogP contribution in [0.2, 0.25) is 0 Å². The van der Waals surface area contributed by atoms with Gasteiger partial charge < -0.3 is 9.26 Å².